The summed E-state index contributed by atoms with van der Waals surface area (Å²) in [5, 5.41) is 10.5. The lowest BCUT2D eigenvalue weighted by atomic mass is 10.0. The number of rotatable bonds is 5. The van der Waals surface area contributed by atoms with Crippen molar-refractivity contribution in [1.29, 1.82) is 0 Å². The molecule has 4 aromatic rings. The van der Waals surface area contributed by atoms with Gasteiger partial charge in [-0.2, -0.15) is 0 Å². The van der Waals surface area contributed by atoms with Crippen LogP contribution in [0.25, 0.3) is 22.2 Å². The molecule has 0 saturated carbocycles. The smallest absolute Gasteiger partial charge is 0.120 e. The average molecular weight is 344 g/mol. The number of pyridine rings is 1. The molecule has 130 valence electrons. The Hall–Kier alpha value is -3.11. The Morgan fingerprint density at radius 3 is 2.54 bits per heavy atom. The quantitative estimate of drug-likeness (QED) is 0.567. The van der Waals surface area contributed by atoms with Crippen molar-refractivity contribution in [3.8, 4) is 17.0 Å². The number of aromatic nitrogens is 2. The standard InChI is InChI=1S/C22H20N2O2/c1-26-18-10-11-19-20(12-16-8-5-9-17(14-25)23-16)22(24-21(19)13-18)15-6-3-2-4-7-15/h2-11,13,24-25H,12,14H2,1H3. The topological polar surface area (TPSA) is 58.1 Å². The zero-order valence-corrected chi connectivity index (χ0v) is 14.6. The van der Waals surface area contributed by atoms with E-state index in [-0.39, 0.29) is 6.61 Å². The van der Waals surface area contributed by atoms with Crippen molar-refractivity contribution in [2.24, 2.45) is 0 Å². The molecule has 2 heterocycles. The van der Waals surface area contributed by atoms with Gasteiger partial charge in [-0.25, -0.2) is 0 Å². The van der Waals surface area contributed by atoms with Crippen LogP contribution in [0.5, 0.6) is 5.75 Å². The third-order valence-electron chi connectivity index (χ3n) is 4.56. The van der Waals surface area contributed by atoms with E-state index in [2.05, 4.69) is 28.2 Å². The van der Waals surface area contributed by atoms with Crippen molar-refractivity contribution in [3.05, 3.63) is 83.7 Å². The van der Waals surface area contributed by atoms with Crippen LogP contribution in [0.4, 0.5) is 0 Å². The van der Waals surface area contributed by atoms with E-state index in [0.29, 0.717) is 12.1 Å². The minimum atomic E-state index is -0.0511. The molecule has 2 aromatic carbocycles. The Balaban J connectivity index is 1.87. The Kier molecular flexibility index (Phi) is 4.42. The first kappa shape index (κ1) is 16.4. The molecule has 4 heteroatoms. The Morgan fingerprint density at radius 1 is 0.962 bits per heavy atom. The Bertz CT molecular complexity index is 1040. The molecule has 2 N–H and O–H groups in total. The summed E-state index contributed by atoms with van der Waals surface area (Å²) in [5.41, 5.74) is 6.07. The van der Waals surface area contributed by atoms with Crippen LogP contribution in [0.1, 0.15) is 17.0 Å². The van der Waals surface area contributed by atoms with E-state index < -0.39 is 0 Å². The second-order valence-corrected chi connectivity index (χ2v) is 6.21. The van der Waals surface area contributed by atoms with Crippen LogP contribution >= 0.6 is 0 Å². The van der Waals surface area contributed by atoms with Crippen LogP contribution in [0.3, 0.4) is 0 Å². The van der Waals surface area contributed by atoms with Gasteiger partial charge in [0.1, 0.15) is 5.75 Å². The van der Waals surface area contributed by atoms with Gasteiger partial charge in [-0.1, -0.05) is 36.4 Å². The summed E-state index contributed by atoms with van der Waals surface area (Å²) in [6.45, 7) is -0.0511. The number of fused-ring (bicyclic) bond motifs is 1. The molecular formula is C22H20N2O2. The lowest BCUT2D eigenvalue weighted by Gasteiger charge is -2.07. The van der Waals surface area contributed by atoms with Crippen molar-refractivity contribution in [2.45, 2.75) is 13.0 Å². The molecule has 2 aromatic heterocycles. The minimum Gasteiger partial charge on any atom is -0.497 e. The molecule has 26 heavy (non-hydrogen) atoms. The number of aromatic amines is 1. The molecule has 0 spiro atoms. The summed E-state index contributed by atoms with van der Waals surface area (Å²) >= 11 is 0. The number of nitrogens with zero attached hydrogens (tertiary/aromatic N) is 1. The molecule has 0 unspecified atom stereocenters. The summed E-state index contributed by atoms with van der Waals surface area (Å²) in [4.78, 5) is 8.10. The lowest BCUT2D eigenvalue weighted by Crippen LogP contribution is -1.97. The maximum atomic E-state index is 9.37. The number of nitrogens with one attached hydrogen (secondary N) is 1. The average Bonchev–Trinajstić information content (AvgIpc) is 3.06. The van der Waals surface area contributed by atoms with Crippen LogP contribution in [0, 0.1) is 0 Å². The highest BCUT2D eigenvalue weighted by atomic mass is 16.5. The van der Waals surface area contributed by atoms with Gasteiger partial charge in [-0.15, -0.1) is 0 Å². The Morgan fingerprint density at radius 2 is 1.77 bits per heavy atom. The highest BCUT2D eigenvalue weighted by Crippen LogP contribution is 2.33. The molecule has 0 aliphatic heterocycles. The van der Waals surface area contributed by atoms with Gasteiger partial charge in [-0.05, 0) is 35.4 Å². The largest absolute Gasteiger partial charge is 0.497 e. The predicted octanol–water partition coefficient (Wildman–Crippen LogP) is 4.32. The normalized spacial score (nSPS) is 11.0. The van der Waals surface area contributed by atoms with Crippen LogP contribution < -0.4 is 4.74 Å². The van der Waals surface area contributed by atoms with Gasteiger partial charge in [0.2, 0.25) is 0 Å². The molecule has 0 fully saturated rings. The van der Waals surface area contributed by atoms with E-state index in [4.69, 9.17) is 4.74 Å². The number of ether oxygens (including phenoxy) is 1. The molecule has 0 radical (unpaired) electrons. The van der Waals surface area contributed by atoms with Crippen molar-refractivity contribution >= 4 is 10.9 Å². The molecule has 0 atom stereocenters. The lowest BCUT2D eigenvalue weighted by molar-refractivity contribution is 0.276. The van der Waals surface area contributed by atoms with Crippen molar-refractivity contribution in [2.75, 3.05) is 7.11 Å². The van der Waals surface area contributed by atoms with Crippen molar-refractivity contribution < 1.29 is 9.84 Å². The summed E-state index contributed by atoms with van der Waals surface area (Å²) in [6, 6.07) is 22.1. The van der Waals surface area contributed by atoms with Gasteiger partial charge < -0.3 is 14.8 Å². The fourth-order valence-electron chi connectivity index (χ4n) is 3.29. The monoisotopic (exact) mass is 344 g/mol. The van der Waals surface area contributed by atoms with E-state index in [0.717, 1.165) is 33.6 Å². The number of H-pyrrole nitrogens is 1. The number of methoxy groups -OCH3 is 1. The minimum absolute atomic E-state index is 0.0511. The number of hydrogen-bond acceptors (Lipinski definition) is 3. The number of aliphatic hydroxyl groups is 1. The second kappa shape index (κ2) is 7.02. The number of hydrogen-bond donors (Lipinski definition) is 2. The van der Waals surface area contributed by atoms with Gasteiger partial charge in [0, 0.05) is 29.1 Å². The molecule has 0 aliphatic rings. The maximum Gasteiger partial charge on any atom is 0.120 e. The van der Waals surface area contributed by atoms with Crippen LogP contribution in [-0.2, 0) is 13.0 Å². The molecule has 4 nitrogen and oxygen atoms in total. The van der Waals surface area contributed by atoms with Crippen molar-refractivity contribution in [3.63, 3.8) is 0 Å². The van der Waals surface area contributed by atoms with E-state index >= 15 is 0 Å². The third-order valence-corrected chi connectivity index (χ3v) is 4.56. The number of aliphatic hydroxyl groups excluding tert-OH is 1. The highest BCUT2D eigenvalue weighted by molar-refractivity contribution is 5.92. The summed E-state index contributed by atoms with van der Waals surface area (Å²) in [7, 11) is 1.67. The van der Waals surface area contributed by atoms with Crippen LogP contribution in [-0.4, -0.2) is 22.2 Å². The maximum absolute atomic E-state index is 9.37. The van der Waals surface area contributed by atoms with E-state index in [1.807, 2.05) is 48.5 Å². The zero-order valence-electron chi connectivity index (χ0n) is 14.6. The van der Waals surface area contributed by atoms with Crippen molar-refractivity contribution in [1.82, 2.24) is 9.97 Å². The molecule has 0 bridgehead atoms. The van der Waals surface area contributed by atoms with E-state index in [1.54, 1.807) is 7.11 Å². The first-order valence-corrected chi connectivity index (χ1v) is 8.58. The van der Waals surface area contributed by atoms with Crippen LogP contribution in [0.2, 0.25) is 0 Å². The zero-order chi connectivity index (χ0) is 17.9. The summed E-state index contributed by atoms with van der Waals surface area (Å²) < 4.78 is 5.37. The molecular weight excluding hydrogens is 324 g/mol. The second-order valence-electron chi connectivity index (χ2n) is 6.21. The Labute approximate surface area is 152 Å². The fraction of sp³-hybridized carbons (Fsp3) is 0.136. The molecule has 0 aliphatic carbocycles. The predicted molar refractivity (Wildman–Crippen MR) is 103 cm³/mol. The molecule has 0 amide bonds. The third kappa shape index (κ3) is 3.07. The van der Waals surface area contributed by atoms with Gasteiger partial charge >= 0.3 is 0 Å². The van der Waals surface area contributed by atoms with Gasteiger partial charge in [0.15, 0.2) is 0 Å². The molecule has 4 rings (SSSR count). The summed E-state index contributed by atoms with van der Waals surface area (Å²) in [6.07, 6.45) is 0.685. The van der Waals surface area contributed by atoms with Gasteiger partial charge in [-0.3, -0.25) is 4.98 Å². The number of benzene rings is 2. The van der Waals surface area contributed by atoms with Gasteiger partial charge in [0.05, 0.1) is 25.1 Å². The first-order chi connectivity index (χ1) is 12.8. The van der Waals surface area contributed by atoms with E-state index in [9.17, 15) is 5.11 Å². The van der Waals surface area contributed by atoms with Crippen LogP contribution in [0.15, 0.2) is 66.7 Å². The van der Waals surface area contributed by atoms with E-state index in [1.165, 1.54) is 5.56 Å². The van der Waals surface area contributed by atoms with Gasteiger partial charge in [0.25, 0.3) is 0 Å². The highest BCUT2D eigenvalue weighted by Gasteiger charge is 2.15. The summed E-state index contributed by atoms with van der Waals surface area (Å²) in [5.74, 6) is 0.824. The first-order valence-electron chi connectivity index (χ1n) is 8.58. The molecule has 0 saturated heterocycles. The fourth-order valence-corrected chi connectivity index (χ4v) is 3.29. The SMILES string of the molecule is COc1ccc2c(Cc3cccc(CO)n3)c(-c3ccccc3)[nH]c2c1.